The summed E-state index contributed by atoms with van der Waals surface area (Å²) in [6.07, 6.45) is 3.61. The van der Waals surface area contributed by atoms with Crippen LogP contribution in [0.4, 0.5) is 11.8 Å². The van der Waals surface area contributed by atoms with E-state index in [0.717, 1.165) is 48.7 Å². The Morgan fingerprint density at radius 1 is 1.03 bits per heavy atom. The standard InChI is InChI=1S/C25H28ClN5O/c26-20-7-6-19(21(14-20)18-4-2-1-3-5-18)16-32-23-15-22(29-24(27)30-23)31-12-9-25(10-13-31)8-11-28-17-25/h1-7,14-15,28H,8-13,16-17H2,(H2,27,29,30). The zero-order chi connectivity index (χ0) is 22.0. The third kappa shape index (κ3) is 4.52. The predicted octanol–water partition coefficient (Wildman–Crippen LogP) is 4.54. The van der Waals surface area contributed by atoms with Crippen molar-refractivity contribution in [3.8, 4) is 17.0 Å². The van der Waals surface area contributed by atoms with Crippen molar-refractivity contribution >= 4 is 23.4 Å². The molecule has 0 bridgehead atoms. The molecular formula is C25H28ClN5O. The van der Waals surface area contributed by atoms with Crippen LogP contribution in [0.5, 0.6) is 5.88 Å². The Bertz CT molecular complexity index is 1070. The maximum absolute atomic E-state index is 6.27. The van der Waals surface area contributed by atoms with Gasteiger partial charge in [0.05, 0.1) is 0 Å². The number of benzene rings is 2. The van der Waals surface area contributed by atoms with Crippen molar-refractivity contribution in [2.24, 2.45) is 5.41 Å². The Morgan fingerprint density at radius 3 is 2.59 bits per heavy atom. The summed E-state index contributed by atoms with van der Waals surface area (Å²) >= 11 is 6.27. The van der Waals surface area contributed by atoms with E-state index in [0.29, 0.717) is 22.9 Å². The Hall–Kier alpha value is -2.83. The summed E-state index contributed by atoms with van der Waals surface area (Å²) in [6, 6.07) is 17.9. The highest BCUT2D eigenvalue weighted by Crippen LogP contribution is 2.38. The van der Waals surface area contributed by atoms with E-state index >= 15 is 0 Å². The molecule has 2 saturated heterocycles. The summed E-state index contributed by atoms with van der Waals surface area (Å²) in [7, 11) is 0. The summed E-state index contributed by atoms with van der Waals surface area (Å²) in [5.74, 6) is 1.57. The van der Waals surface area contributed by atoms with Crippen molar-refractivity contribution in [2.45, 2.75) is 25.9 Å². The maximum Gasteiger partial charge on any atom is 0.225 e. The van der Waals surface area contributed by atoms with E-state index in [-0.39, 0.29) is 5.95 Å². The van der Waals surface area contributed by atoms with Crippen molar-refractivity contribution in [1.29, 1.82) is 0 Å². The lowest BCUT2D eigenvalue weighted by atomic mass is 9.78. The molecule has 2 fully saturated rings. The van der Waals surface area contributed by atoms with Gasteiger partial charge in [-0.15, -0.1) is 0 Å². The van der Waals surface area contributed by atoms with Crippen LogP contribution in [-0.2, 0) is 6.61 Å². The van der Waals surface area contributed by atoms with Gasteiger partial charge in [0.2, 0.25) is 11.8 Å². The third-order valence-corrected chi connectivity index (χ3v) is 6.95. The highest BCUT2D eigenvalue weighted by Gasteiger charge is 2.37. The summed E-state index contributed by atoms with van der Waals surface area (Å²) < 4.78 is 6.09. The van der Waals surface area contributed by atoms with Gasteiger partial charge in [0, 0.05) is 30.7 Å². The fourth-order valence-electron chi connectivity index (χ4n) is 4.81. The zero-order valence-corrected chi connectivity index (χ0v) is 18.8. The number of nitrogen functional groups attached to an aromatic ring is 1. The normalized spacial score (nSPS) is 17.6. The van der Waals surface area contributed by atoms with Gasteiger partial charge in [-0.05, 0) is 60.0 Å². The molecule has 0 saturated carbocycles. The van der Waals surface area contributed by atoms with Crippen LogP contribution >= 0.6 is 11.6 Å². The van der Waals surface area contributed by atoms with Gasteiger partial charge in [0.1, 0.15) is 12.4 Å². The second-order valence-corrected chi connectivity index (χ2v) is 9.23. The van der Waals surface area contributed by atoms with Gasteiger partial charge in [0.25, 0.3) is 0 Å². The monoisotopic (exact) mass is 449 g/mol. The van der Waals surface area contributed by atoms with Crippen LogP contribution in [0.2, 0.25) is 5.02 Å². The predicted molar refractivity (Wildman–Crippen MR) is 129 cm³/mol. The summed E-state index contributed by atoms with van der Waals surface area (Å²) in [6.45, 7) is 4.59. The van der Waals surface area contributed by atoms with Crippen LogP contribution in [0, 0.1) is 5.41 Å². The number of hydrogen-bond donors (Lipinski definition) is 2. The number of nitrogens with two attached hydrogens (primary N) is 1. The van der Waals surface area contributed by atoms with Crippen LogP contribution in [0.25, 0.3) is 11.1 Å². The SMILES string of the molecule is Nc1nc(OCc2ccc(Cl)cc2-c2ccccc2)cc(N2CCC3(CCNC3)CC2)n1. The van der Waals surface area contributed by atoms with Crippen LogP contribution < -0.4 is 20.7 Å². The van der Waals surface area contributed by atoms with E-state index in [1.54, 1.807) is 0 Å². The molecule has 0 radical (unpaired) electrons. The lowest BCUT2D eigenvalue weighted by Gasteiger charge is -2.39. The molecule has 3 N–H and O–H groups in total. The van der Waals surface area contributed by atoms with Crippen molar-refractivity contribution in [3.63, 3.8) is 0 Å². The fourth-order valence-corrected chi connectivity index (χ4v) is 4.98. The smallest absolute Gasteiger partial charge is 0.225 e. The number of anilines is 2. The molecule has 7 heteroatoms. The quantitative estimate of drug-likeness (QED) is 0.595. The lowest BCUT2D eigenvalue weighted by Crippen LogP contribution is -2.41. The Kier molecular flexibility index (Phi) is 5.89. The molecule has 5 rings (SSSR count). The van der Waals surface area contributed by atoms with Gasteiger partial charge in [-0.1, -0.05) is 48.0 Å². The molecule has 166 valence electrons. The van der Waals surface area contributed by atoms with Crippen LogP contribution in [0.15, 0.2) is 54.6 Å². The summed E-state index contributed by atoms with van der Waals surface area (Å²) in [4.78, 5) is 11.1. The first kappa shape index (κ1) is 21.0. The molecule has 1 aromatic heterocycles. The molecule has 2 aliphatic rings. The molecule has 1 spiro atoms. The molecule has 0 aliphatic carbocycles. The molecule has 3 aromatic rings. The second kappa shape index (κ2) is 8.96. The van der Waals surface area contributed by atoms with E-state index in [9.17, 15) is 0 Å². The topological polar surface area (TPSA) is 76.3 Å². The maximum atomic E-state index is 6.27. The number of aromatic nitrogens is 2. The largest absolute Gasteiger partial charge is 0.473 e. The molecule has 0 atom stereocenters. The van der Waals surface area contributed by atoms with Crippen LogP contribution in [0.1, 0.15) is 24.8 Å². The van der Waals surface area contributed by atoms with E-state index in [4.69, 9.17) is 22.1 Å². The van der Waals surface area contributed by atoms with Crippen LogP contribution in [0.3, 0.4) is 0 Å². The highest BCUT2D eigenvalue weighted by atomic mass is 35.5. The molecule has 2 aromatic carbocycles. The molecule has 3 heterocycles. The van der Waals surface area contributed by atoms with E-state index in [1.807, 2.05) is 42.5 Å². The first-order valence-electron chi connectivity index (χ1n) is 11.2. The minimum Gasteiger partial charge on any atom is -0.473 e. The van der Waals surface area contributed by atoms with Gasteiger partial charge >= 0.3 is 0 Å². The number of ether oxygens (including phenoxy) is 1. The first-order valence-corrected chi connectivity index (χ1v) is 11.5. The number of halogens is 1. The minimum absolute atomic E-state index is 0.236. The van der Waals surface area contributed by atoms with Gasteiger partial charge in [-0.2, -0.15) is 9.97 Å². The number of hydrogen-bond acceptors (Lipinski definition) is 6. The molecule has 32 heavy (non-hydrogen) atoms. The van der Waals surface area contributed by atoms with E-state index in [1.165, 1.54) is 19.3 Å². The van der Waals surface area contributed by atoms with Crippen LogP contribution in [-0.4, -0.2) is 36.1 Å². The average Bonchev–Trinajstić information content (AvgIpc) is 3.27. The third-order valence-electron chi connectivity index (χ3n) is 6.72. The second-order valence-electron chi connectivity index (χ2n) is 8.79. The van der Waals surface area contributed by atoms with Gasteiger partial charge in [-0.25, -0.2) is 0 Å². The molecule has 6 nitrogen and oxygen atoms in total. The lowest BCUT2D eigenvalue weighted by molar-refractivity contribution is 0.246. The molecule has 2 aliphatic heterocycles. The van der Waals surface area contributed by atoms with Crippen molar-refractivity contribution in [3.05, 3.63) is 65.2 Å². The molecule has 0 unspecified atom stereocenters. The number of nitrogens with one attached hydrogen (secondary N) is 1. The van der Waals surface area contributed by atoms with Gasteiger partial charge in [-0.3, -0.25) is 0 Å². The summed E-state index contributed by atoms with van der Waals surface area (Å²) in [5.41, 5.74) is 9.67. The van der Waals surface area contributed by atoms with E-state index in [2.05, 4.69) is 32.3 Å². The van der Waals surface area contributed by atoms with Gasteiger partial charge < -0.3 is 20.7 Å². The van der Waals surface area contributed by atoms with Crippen molar-refractivity contribution < 1.29 is 4.74 Å². The van der Waals surface area contributed by atoms with Crippen molar-refractivity contribution in [1.82, 2.24) is 15.3 Å². The number of nitrogens with zero attached hydrogens (tertiary/aromatic N) is 3. The summed E-state index contributed by atoms with van der Waals surface area (Å²) in [5, 5.41) is 4.21. The Balaban J connectivity index is 1.31. The molecular weight excluding hydrogens is 422 g/mol. The Morgan fingerprint density at radius 2 is 1.84 bits per heavy atom. The van der Waals surface area contributed by atoms with Crippen molar-refractivity contribution in [2.75, 3.05) is 36.8 Å². The zero-order valence-electron chi connectivity index (χ0n) is 18.1. The first-order chi connectivity index (χ1) is 15.6. The van der Waals surface area contributed by atoms with Gasteiger partial charge in [0.15, 0.2) is 0 Å². The fraction of sp³-hybridized carbons (Fsp3) is 0.360. The molecule has 0 amide bonds. The minimum atomic E-state index is 0.236. The number of piperidine rings is 1. The Labute approximate surface area is 193 Å². The highest BCUT2D eigenvalue weighted by molar-refractivity contribution is 6.30. The average molecular weight is 450 g/mol. The number of rotatable bonds is 5. The van der Waals surface area contributed by atoms with E-state index < -0.39 is 0 Å².